The number of carbonyl (C=O) groups excluding carboxylic acids is 1. The highest BCUT2D eigenvalue weighted by Crippen LogP contribution is 2.22. The van der Waals surface area contributed by atoms with Crippen LogP contribution in [0.2, 0.25) is 0 Å². The third kappa shape index (κ3) is 4.40. The van der Waals surface area contributed by atoms with Crippen molar-refractivity contribution in [2.24, 2.45) is 0 Å². The van der Waals surface area contributed by atoms with Gasteiger partial charge in [0, 0.05) is 28.1 Å². The number of hydrogen-bond acceptors (Lipinski definition) is 2. The molecule has 1 amide bonds. The van der Waals surface area contributed by atoms with Gasteiger partial charge in [-0.3, -0.25) is 4.79 Å². The first-order valence-electron chi connectivity index (χ1n) is 8.23. The van der Waals surface area contributed by atoms with Gasteiger partial charge in [0.15, 0.2) is 0 Å². The molecule has 0 saturated heterocycles. The molecule has 25 heavy (non-hydrogen) atoms. The summed E-state index contributed by atoms with van der Waals surface area (Å²) in [6.45, 7) is 9.02. The van der Waals surface area contributed by atoms with E-state index in [1.54, 1.807) is 6.08 Å². The van der Waals surface area contributed by atoms with Crippen molar-refractivity contribution in [3.63, 3.8) is 0 Å². The highest BCUT2D eigenvalue weighted by Gasteiger charge is 2.13. The van der Waals surface area contributed by atoms with Crippen LogP contribution in [0.5, 0.6) is 0 Å². The van der Waals surface area contributed by atoms with Crippen LogP contribution in [-0.4, -0.2) is 10.5 Å². The van der Waals surface area contributed by atoms with Crippen molar-refractivity contribution in [2.45, 2.75) is 40.7 Å². The monoisotopic (exact) mass is 399 g/mol. The average molecular weight is 400 g/mol. The van der Waals surface area contributed by atoms with E-state index in [4.69, 9.17) is 0 Å². The van der Waals surface area contributed by atoms with Crippen LogP contribution in [0.4, 0.5) is 5.69 Å². The lowest BCUT2D eigenvalue weighted by Crippen LogP contribution is -2.14. The van der Waals surface area contributed by atoms with Crippen molar-refractivity contribution in [3.8, 4) is 6.07 Å². The molecule has 4 nitrogen and oxygen atoms in total. The van der Waals surface area contributed by atoms with Crippen LogP contribution in [0.25, 0.3) is 6.08 Å². The van der Waals surface area contributed by atoms with Crippen LogP contribution in [0.15, 0.2) is 34.3 Å². The molecule has 1 heterocycles. The van der Waals surface area contributed by atoms with Gasteiger partial charge in [0.2, 0.25) is 0 Å². The number of aromatic nitrogens is 1. The highest BCUT2D eigenvalue weighted by atomic mass is 79.9. The number of nitrogens with one attached hydrogen (secondary N) is 1. The Morgan fingerprint density at radius 3 is 2.64 bits per heavy atom. The molecule has 0 spiro atoms. The molecule has 5 heteroatoms. The lowest BCUT2D eigenvalue weighted by molar-refractivity contribution is -0.112. The summed E-state index contributed by atoms with van der Waals surface area (Å²) in [6.07, 6.45) is 2.70. The molecule has 130 valence electrons. The first-order valence-corrected chi connectivity index (χ1v) is 9.02. The summed E-state index contributed by atoms with van der Waals surface area (Å²) < 4.78 is 3.15. The number of hydrogen-bond donors (Lipinski definition) is 1. The quantitative estimate of drug-likeness (QED) is 0.559. The molecule has 0 unspecified atom stereocenters. The number of aryl methyl sites for hydroxylation is 2. The summed E-state index contributed by atoms with van der Waals surface area (Å²) >= 11 is 3.40. The molecule has 0 bridgehead atoms. The largest absolute Gasteiger partial charge is 0.349 e. The molecule has 0 atom stereocenters. The predicted molar refractivity (Wildman–Crippen MR) is 105 cm³/mol. The second-order valence-corrected chi connectivity index (χ2v) is 6.98. The third-order valence-electron chi connectivity index (χ3n) is 4.16. The summed E-state index contributed by atoms with van der Waals surface area (Å²) in [5, 5.41) is 12.2. The Bertz CT molecular complexity index is 872. The number of anilines is 1. The minimum atomic E-state index is -0.395. The number of rotatable bonds is 5. The second kappa shape index (κ2) is 8.17. The summed E-state index contributed by atoms with van der Waals surface area (Å²) in [4.78, 5) is 12.5. The van der Waals surface area contributed by atoms with Crippen LogP contribution >= 0.6 is 15.9 Å². The Morgan fingerprint density at radius 2 is 2.04 bits per heavy atom. The van der Waals surface area contributed by atoms with E-state index in [1.807, 2.05) is 51.1 Å². The normalized spacial score (nSPS) is 11.3. The third-order valence-corrected chi connectivity index (χ3v) is 4.65. The molecule has 1 N–H and O–H groups in total. The van der Waals surface area contributed by atoms with E-state index in [2.05, 4.69) is 32.7 Å². The Labute approximate surface area is 157 Å². The first-order chi connectivity index (χ1) is 11.9. The molecular weight excluding hydrogens is 378 g/mol. The maximum absolute atomic E-state index is 12.5. The van der Waals surface area contributed by atoms with Crippen molar-refractivity contribution in [1.82, 2.24) is 4.57 Å². The fraction of sp³-hybridized carbons (Fsp3) is 0.300. The van der Waals surface area contributed by atoms with Crippen LogP contribution in [0.1, 0.15) is 35.9 Å². The van der Waals surface area contributed by atoms with Gasteiger partial charge < -0.3 is 9.88 Å². The summed E-state index contributed by atoms with van der Waals surface area (Å²) in [7, 11) is 0. The van der Waals surface area contributed by atoms with Crippen molar-refractivity contribution in [2.75, 3.05) is 5.32 Å². The Balaban J connectivity index is 2.30. The molecule has 0 radical (unpaired) electrons. The Kier molecular flexibility index (Phi) is 6.22. The molecule has 1 aromatic heterocycles. The van der Waals surface area contributed by atoms with Gasteiger partial charge >= 0.3 is 0 Å². The average Bonchev–Trinajstić information content (AvgIpc) is 2.83. The van der Waals surface area contributed by atoms with Gasteiger partial charge in [-0.1, -0.05) is 22.9 Å². The molecule has 0 aliphatic heterocycles. The van der Waals surface area contributed by atoms with Gasteiger partial charge in [0.05, 0.1) is 0 Å². The summed E-state index contributed by atoms with van der Waals surface area (Å²) in [5.74, 6) is -0.395. The fourth-order valence-electron chi connectivity index (χ4n) is 2.80. The highest BCUT2D eigenvalue weighted by molar-refractivity contribution is 9.10. The maximum Gasteiger partial charge on any atom is 0.266 e. The number of nitriles is 1. The van der Waals surface area contributed by atoms with Crippen LogP contribution < -0.4 is 5.32 Å². The topological polar surface area (TPSA) is 57.8 Å². The smallest absolute Gasteiger partial charge is 0.266 e. The SMILES string of the molecule is CCCn1c(C)cc(/C=C(\C#N)C(=O)Nc2ccc(Br)cc2C)c1C. The zero-order valence-corrected chi connectivity index (χ0v) is 16.6. The number of amides is 1. The van der Waals surface area contributed by atoms with E-state index in [0.29, 0.717) is 5.69 Å². The van der Waals surface area contributed by atoms with Crippen LogP contribution in [-0.2, 0) is 11.3 Å². The lowest BCUT2D eigenvalue weighted by atomic mass is 10.1. The van der Waals surface area contributed by atoms with Gasteiger partial charge in [-0.25, -0.2) is 0 Å². The number of nitrogens with zero attached hydrogens (tertiary/aromatic N) is 2. The van der Waals surface area contributed by atoms with E-state index in [0.717, 1.165) is 40.0 Å². The second-order valence-electron chi connectivity index (χ2n) is 6.06. The summed E-state index contributed by atoms with van der Waals surface area (Å²) in [6, 6.07) is 9.63. The van der Waals surface area contributed by atoms with Gasteiger partial charge in [-0.05, 0) is 68.7 Å². The number of carbonyl (C=O) groups is 1. The van der Waals surface area contributed by atoms with Gasteiger partial charge in [-0.15, -0.1) is 0 Å². The zero-order chi connectivity index (χ0) is 18.6. The van der Waals surface area contributed by atoms with Gasteiger partial charge in [0.1, 0.15) is 11.6 Å². The van der Waals surface area contributed by atoms with E-state index in [-0.39, 0.29) is 5.57 Å². The molecule has 0 aliphatic carbocycles. The van der Waals surface area contributed by atoms with Crippen molar-refractivity contribution in [1.29, 1.82) is 5.26 Å². The van der Waals surface area contributed by atoms with Crippen molar-refractivity contribution >= 4 is 33.6 Å². The lowest BCUT2D eigenvalue weighted by Gasteiger charge is -2.08. The molecule has 0 saturated carbocycles. The Hall–Kier alpha value is -2.32. The molecule has 0 fully saturated rings. The van der Waals surface area contributed by atoms with E-state index in [1.165, 1.54) is 0 Å². The van der Waals surface area contributed by atoms with Crippen LogP contribution in [0, 0.1) is 32.1 Å². The van der Waals surface area contributed by atoms with Crippen LogP contribution in [0.3, 0.4) is 0 Å². The van der Waals surface area contributed by atoms with E-state index in [9.17, 15) is 10.1 Å². The molecule has 2 aromatic rings. The van der Waals surface area contributed by atoms with Gasteiger partial charge in [0.25, 0.3) is 5.91 Å². The van der Waals surface area contributed by atoms with E-state index < -0.39 is 5.91 Å². The van der Waals surface area contributed by atoms with Crippen molar-refractivity contribution in [3.05, 3.63) is 56.8 Å². The van der Waals surface area contributed by atoms with Crippen molar-refractivity contribution < 1.29 is 4.79 Å². The van der Waals surface area contributed by atoms with E-state index >= 15 is 0 Å². The fourth-order valence-corrected chi connectivity index (χ4v) is 3.28. The molecular formula is C20H22BrN3O. The standard InChI is InChI=1S/C20H22BrN3O/c1-5-8-24-14(3)10-16(15(24)4)11-17(12-22)20(25)23-19-7-6-18(21)9-13(19)2/h6-7,9-11H,5,8H2,1-4H3,(H,23,25)/b17-11+. The molecule has 2 rings (SSSR count). The van der Waals surface area contributed by atoms with Gasteiger partial charge in [-0.2, -0.15) is 5.26 Å². The number of benzene rings is 1. The first kappa shape index (κ1) is 19.0. The predicted octanol–water partition coefficient (Wildman–Crippen LogP) is 5.13. The number of halogens is 1. The minimum absolute atomic E-state index is 0.0964. The zero-order valence-electron chi connectivity index (χ0n) is 15.0. The summed E-state index contributed by atoms with van der Waals surface area (Å²) in [5.41, 5.74) is 4.84. The molecule has 0 aliphatic rings. The minimum Gasteiger partial charge on any atom is -0.349 e. The molecule has 1 aromatic carbocycles. The Morgan fingerprint density at radius 1 is 1.32 bits per heavy atom. The maximum atomic E-state index is 12.5.